The molecule has 2 rings (SSSR count). The summed E-state index contributed by atoms with van der Waals surface area (Å²) >= 11 is 0. The summed E-state index contributed by atoms with van der Waals surface area (Å²) in [6.07, 6.45) is 0. The topological polar surface area (TPSA) is 95.7 Å². The first-order valence-corrected chi connectivity index (χ1v) is 6.61. The van der Waals surface area contributed by atoms with E-state index in [1.165, 1.54) is 11.9 Å². The number of amides is 4. The normalized spacial score (nSPS) is 15.5. The summed E-state index contributed by atoms with van der Waals surface area (Å²) in [4.78, 5) is 37.2. The number of urea groups is 1. The maximum absolute atomic E-state index is 11.8. The SMILES string of the molecule is CN1CC(=O)N(CC(=O)NCC(N)c2ccccc2)C1=O.Cl. The van der Waals surface area contributed by atoms with E-state index in [2.05, 4.69) is 5.32 Å². The Labute approximate surface area is 134 Å². The molecule has 0 aliphatic carbocycles. The molecule has 1 aliphatic heterocycles. The van der Waals surface area contributed by atoms with Crippen LogP contribution < -0.4 is 11.1 Å². The average Bonchev–Trinajstić information content (AvgIpc) is 2.72. The minimum Gasteiger partial charge on any atom is -0.353 e. The Morgan fingerprint density at radius 1 is 1.32 bits per heavy atom. The molecule has 1 atom stereocenters. The van der Waals surface area contributed by atoms with E-state index in [0.717, 1.165) is 10.5 Å². The Hall–Kier alpha value is -2.12. The second-order valence-corrected chi connectivity index (χ2v) is 4.94. The van der Waals surface area contributed by atoms with Crippen LogP contribution in [-0.4, -0.2) is 54.3 Å². The van der Waals surface area contributed by atoms with Crippen LogP contribution in [-0.2, 0) is 9.59 Å². The fourth-order valence-corrected chi connectivity index (χ4v) is 2.07. The first-order valence-electron chi connectivity index (χ1n) is 6.61. The van der Waals surface area contributed by atoms with E-state index in [0.29, 0.717) is 0 Å². The van der Waals surface area contributed by atoms with Gasteiger partial charge in [0.15, 0.2) is 0 Å². The van der Waals surface area contributed by atoms with Crippen LogP contribution in [0.5, 0.6) is 0 Å². The highest BCUT2D eigenvalue weighted by atomic mass is 35.5. The third kappa shape index (κ3) is 4.19. The van der Waals surface area contributed by atoms with Crippen LogP contribution in [0.3, 0.4) is 0 Å². The van der Waals surface area contributed by atoms with Crippen molar-refractivity contribution in [2.75, 3.05) is 26.7 Å². The number of nitrogens with two attached hydrogens (primary N) is 1. The fraction of sp³-hybridized carbons (Fsp3) is 0.357. The highest BCUT2D eigenvalue weighted by Crippen LogP contribution is 2.09. The Bertz CT molecular complexity index is 552. The van der Waals surface area contributed by atoms with Crippen molar-refractivity contribution in [2.24, 2.45) is 5.73 Å². The van der Waals surface area contributed by atoms with Crippen molar-refractivity contribution in [3.63, 3.8) is 0 Å². The van der Waals surface area contributed by atoms with Gasteiger partial charge in [-0.25, -0.2) is 4.79 Å². The van der Waals surface area contributed by atoms with Gasteiger partial charge in [-0.15, -0.1) is 12.4 Å². The lowest BCUT2D eigenvalue weighted by molar-refractivity contribution is -0.130. The summed E-state index contributed by atoms with van der Waals surface area (Å²) in [6.45, 7) is -0.0198. The summed E-state index contributed by atoms with van der Waals surface area (Å²) in [5.74, 6) is -0.775. The largest absolute Gasteiger partial charge is 0.353 e. The van der Waals surface area contributed by atoms with E-state index in [1.807, 2.05) is 30.3 Å². The number of rotatable bonds is 5. The van der Waals surface area contributed by atoms with E-state index in [4.69, 9.17) is 5.73 Å². The number of nitrogens with zero attached hydrogens (tertiary/aromatic N) is 2. The predicted molar refractivity (Wildman–Crippen MR) is 83.4 cm³/mol. The molecule has 1 saturated heterocycles. The second kappa shape index (κ2) is 7.77. The van der Waals surface area contributed by atoms with E-state index < -0.39 is 11.9 Å². The second-order valence-electron chi connectivity index (χ2n) is 4.94. The molecule has 1 aromatic rings. The number of carbonyl (C=O) groups excluding carboxylic acids is 3. The number of imide groups is 1. The fourth-order valence-electron chi connectivity index (χ4n) is 2.07. The molecule has 120 valence electrons. The van der Waals surface area contributed by atoms with Gasteiger partial charge in [-0.1, -0.05) is 30.3 Å². The molecule has 3 N–H and O–H groups in total. The van der Waals surface area contributed by atoms with Crippen LogP contribution in [0.1, 0.15) is 11.6 Å². The summed E-state index contributed by atoms with van der Waals surface area (Å²) < 4.78 is 0. The van der Waals surface area contributed by atoms with Crippen molar-refractivity contribution in [3.8, 4) is 0 Å². The number of halogens is 1. The maximum Gasteiger partial charge on any atom is 0.327 e. The summed E-state index contributed by atoms with van der Waals surface area (Å²) in [6, 6.07) is 8.59. The highest BCUT2D eigenvalue weighted by Gasteiger charge is 2.34. The van der Waals surface area contributed by atoms with Crippen molar-refractivity contribution in [1.82, 2.24) is 15.1 Å². The number of likely N-dealkylation sites (N-methyl/N-ethyl adjacent to an activating group) is 1. The van der Waals surface area contributed by atoms with Crippen LogP contribution in [0.25, 0.3) is 0 Å². The molecule has 0 bridgehead atoms. The molecule has 0 aromatic heterocycles. The molecular weight excluding hydrogens is 308 g/mol. The highest BCUT2D eigenvalue weighted by molar-refractivity contribution is 6.04. The molecular formula is C14H19ClN4O3. The van der Waals surface area contributed by atoms with Gasteiger partial charge in [-0.2, -0.15) is 0 Å². The Balaban J connectivity index is 0.00000242. The average molecular weight is 327 g/mol. The van der Waals surface area contributed by atoms with Crippen molar-refractivity contribution in [2.45, 2.75) is 6.04 Å². The molecule has 0 spiro atoms. The van der Waals surface area contributed by atoms with Crippen LogP contribution in [0.4, 0.5) is 4.79 Å². The standard InChI is InChI=1S/C14H18N4O3.ClH/c1-17-9-13(20)18(14(17)21)8-12(19)16-7-11(15)10-5-3-2-4-6-10;/h2-6,11H,7-9,15H2,1H3,(H,16,19);1H. The zero-order valence-electron chi connectivity index (χ0n) is 12.2. The van der Waals surface area contributed by atoms with E-state index in [-0.39, 0.29) is 44.0 Å². The molecule has 0 radical (unpaired) electrons. The molecule has 8 heteroatoms. The van der Waals surface area contributed by atoms with Crippen molar-refractivity contribution < 1.29 is 14.4 Å². The van der Waals surface area contributed by atoms with Gasteiger partial charge in [0.25, 0.3) is 5.91 Å². The minimum absolute atomic E-state index is 0. The van der Waals surface area contributed by atoms with Gasteiger partial charge < -0.3 is 16.0 Å². The quantitative estimate of drug-likeness (QED) is 0.751. The predicted octanol–water partition coefficient (Wildman–Crippen LogP) is 0.118. The first kappa shape index (κ1) is 17.9. The summed E-state index contributed by atoms with van der Waals surface area (Å²) in [5, 5.41) is 2.64. The molecule has 4 amide bonds. The zero-order chi connectivity index (χ0) is 15.4. The van der Waals surface area contributed by atoms with Crippen molar-refractivity contribution >= 4 is 30.3 Å². The van der Waals surface area contributed by atoms with Gasteiger partial charge in [-0.3, -0.25) is 14.5 Å². The monoisotopic (exact) mass is 326 g/mol. The van der Waals surface area contributed by atoms with Gasteiger partial charge >= 0.3 is 6.03 Å². The molecule has 1 heterocycles. The van der Waals surface area contributed by atoms with Gasteiger partial charge in [0.05, 0.1) is 0 Å². The molecule has 1 aromatic carbocycles. The van der Waals surface area contributed by atoms with Crippen LogP contribution in [0, 0.1) is 0 Å². The number of nitrogens with one attached hydrogen (secondary N) is 1. The molecule has 0 saturated carbocycles. The Kier molecular flexibility index (Phi) is 6.33. The number of hydrogen-bond acceptors (Lipinski definition) is 4. The molecule has 1 unspecified atom stereocenters. The third-order valence-corrected chi connectivity index (χ3v) is 3.28. The molecule has 7 nitrogen and oxygen atoms in total. The smallest absolute Gasteiger partial charge is 0.327 e. The number of hydrogen-bond donors (Lipinski definition) is 2. The number of benzene rings is 1. The van der Waals surface area contributed by atoms with E-state index >= 15 is 0 Å². The van der Waals surface area contributed by atoms with Crippen molar-refractivity contribution in [1.29, 1.82) is 0 Å². The molecule has 1 fully saturated rings. The Morgan fingerprint density at radius 2 is 1.95 bits per heavy atom. The van der Waals surface area contributed by atoms with E-state index in [9.17, 15) is 14.4 Å². The van der Waals surface area contributed by atoms with Crippen LogP contribution in [0.2, 0.25) is 0 Å². The molecule has 22 heavy (non-hydrogen) atoms. The van der Waals surface area contributed by atoms with E-state index in [1.54, 1.807) is 0 Å². The maximum atomic E-state index is 11.8. The molecule has 1 aliphatic rings. The third-order valence-electron chi connectivity index (χ3n) is 3.28. The van der Waals surface area contributed by atoms with Gasteiger partial charge in [0.2, 0.25) is 5.91 Å². The minimum atomic E-state index is -0.456. The lowest BCUT2D eigenvalue weighted by Gasteiger charge is -2.16. The number of carbonyl (C=O) groups is 3. The van der Waals surface area contributed by atoms with Crippen LogP contribution in [0.15, 0.2) is 30.3 Å². The van der Waals surface area contributed by atoms with Gasteiger partial charge in [-0.05, 0) is 5.56 Å². The first-order chi connectivity index (χ1) is 9.99. The summed E-state index contributed by atoms with van der Waals surface area (Å²) in [7, 11) is 1.52. The van der Waals surface area contributed by atoms with Gasteiger partial charge in [0, 0.05) is 19.6 Å². The Morgan fingerprint density at radius 3 is 2.50 bits per heavy atom. The lowest BCUT2D eigenvalue weighted by atomic mass is 10.1. The van der Waals surface area contributed by atoms with Gasteiger partial charge in [0.1, 0.15) is 13.1 Å². The lowest BCUT2D eigenvalue weighted by Crippen LogP contribution is -2.42. The van der Waals surface area contributed by atoms with Crippen molar-refractivity contribution in [3.05, 3.63) is 35.9 Å². The van der Waals surface area contributed by atoms with Crippen LogP contribution >= 0.6 is 12.4 Å². The zero-order valence-corrected chi connectivity index (χ0v) is 13.0. The summed E-state index contributed by atoms with van der Waals surface area (Å²) in [5.41, 5.74) is 6.87.